The van der Waals surface area contributed by atoms with Gasteiger partial charge in [0.05, 0.1) is 27.0 Å². The Morgan fingerprint density at radius 1 is 0.871 bits per heavy atom. The van der Waals surface area contributed by atoms with Gasteiger partial charge in [0.2, 0.25) is 0 Å². The Hall–Kier alpha value is -3.91. The van der Waals surface area contributed by atoms with Crippen molar-refractivity contribution in [3.05, 3.63) is 77.3 Å². The van der Waals surface area contributed by atoms with E-state index in [0.717, 1.165) is 10.2 Å². The van der Waals surface area contributed by atoms with Crippen molar-refractivity contribution in [2.45, 2.75) is 0 Å². The molecule has 7 nitrogen and oxygen atoms in total. The number of anilines is 2. The molecule has 0 unspecified atom stereocenters. The van der Waals surface area contributed by atoms with Crippen LogP contribution in [0.4, 0.5) is 11.4 Å². The maximum absolute atomic E-state index is 12.9. The van der Waals surface area contributed by atoms with Crippen molar-refractivity contribution < 1.29 is 19.1 Å². The highest BCUT2D eigenvalue weighted by Gasteiger charge is 2.17. The molecule has 1 aromatic heterocycles. The summed E-state index contributed by atoms with van der Waals surface area (Å²) in [6.45, 7) is 0.967. The summed E-state index contributed by atoms with van der Waals surface area (Å²) in [6, 6.07) is 17.4. The fourth-order valence-electron chi connectivity index (χ4n) is 3.30. The highest BCUT2D eigenvalue weighted by molar-refractivity contribution is 7.16. The average molecular weight is 431 g/mol. The number of aromatic nitrogens is 1. The van der Waals surface area contributed by atoms with Crippen LogP contribution < -0.4 is 20.1 Å². The lowest BCUT2D eigenvalue weighted by Crippen LogP contribution is -2.19. The van der Waals surface area contributed by atoms with Crippen molar-refractivity contribution in [1.29, 1.82) is 0 Å². The summed E-state index contributed by atoms with van der Waals surface area (Å²) in [7, 11) is 0. The average Bonchev–Trinajstić information content (AvgIpc) is 3.27. The zero-order valence-corrected chi connectivity index (χ0v) is 17.1. The van der Waals surface area contributed by atoms with Gasteiger partial charge in [0, 0.05) is 17.3 Å². The van der Waals surface area contributed by atoms with Crippen LogP contribution in [0.5, 0.6) is 11.5 Å². The minimum Gasteiger partial charge on any atom is -0.486 e. The molecule has 0 spiro atoms. The second kappa shape index (κ2) is 8.08. The number of amides is 2. The summed E-state index contributed by atoms with van der Waals surface area (Å²) >= 11 is 1.47. The number of ether oxygens (including phenoxy) is 2. The first kappa shape index (κ1) is 19.1. The quantitative estimate of drug-likeness (QED) is 0.494. The summed E-state index contributed by atoms with van der Waals surface area (Å²) < 4.78 is 12.0. The maximum atomic E-state index is 12.9. The van der Waals surface area contributed by atoms with Gasteiger partial charge in [-0.05, 0) is 42.5 Å². The van der Waals surface area contributed by atoms with E-state index in [9.17, 15) is 9.59 Å². The Bertz CT molecular complexity index is 1300. The molecule has 0 saturated carbocycles. The molecule has 1 aliphatic rings. The lowest BCUT2D eigenvalue weighted by molar-refractivity contribution is 0.102. The smallest absolute Gasteiger partial charge is 0.257 e. The number of hydrogen-bond donors (Lipinski definition) is 2. The van der Waals surface area contributed by atoms with Crippen LogP contribution in [-0.2, 0) is 0 Å². The van der Waals surface area contributed by atoms with E-state index < -0.39 is 0 Å². The molecule has 1 aliphatic heterocycles. The van der Waals surface area contributed by atoms with Crippen molar-refractivity contribution in [3.63, 3.8) is 0 Å². The van der Waals surface area contributed by atoms with Crippen LogP contribution in [-0.4, -0.2) is 30.0 Å². The second-order valence-electron chi connectivity index (χ2n) is 6.85. The Labute approximate surface area is 181 Å². The summed E-state index contributed by atoms with van der Waals surface area (Å²) in [5, 5.41) is 5.69. The molecule has 154 valence electrons. The topological polar surface area (TPSA) is 89.6 Å². The Morgan fingerprint density at radius 2 is 1.71 bits per heavy atom. The number of carbonyl (C=O) groups excluding carboxylic acids is 2. The SMILES string of the molecule is O=C(Nc1ccccc1C(=O)Nc1ccc2c(c1)OCCO2)c1ccc2ncsc2c1. The first-order valence-corrected chi connectivity index (χ1v) is 10.5. The molecule has 0 aliphatic carbocycles. The van der Waals surface area contributed by atoms with Gasteiger partial charge < -0.3 is 20.1 Å². The van der Waals surface area contributed by atoms with Gasteiger partial charge in [0.15, 0.2) is 11.5 Å². The first-order valence-electron chi connectivity index (χ1n) is 9.62. The molecule has 0 radical (unpaired) electrons. The fourth-order valence-corrected chi connectivity index (χ4v) is 4.02. The number of nitrogens with zero attached hydrogens (tertiary/aromatic N) is 1. The standard InChI is InChI=1S/C23H17N3O4S/c27-22(14-5-7-18-21(11-14)31-13-24-18)26-17-4-2-1-3-16(17)23(28)25-15-6-8-19-20(12-15)30-10-9-29-19/h1-8,11-13H,9-10H2,(H,25,28)(H,26,27). The van der Waals surface area contributed by atoms with E-state index in [2.05, 4.69) is 15.6 Å². The molecule has 0 fully saturated rings. The molecule has 0 bridgehead atoms. The molecule has 2 amide bonds. The van der Waals surface area contributed by atoms with Gasteiger partial charge in [-0.15, -0.1) is 11.3 Å². The minimum atomic E-state index is -0.342. The molecule has 3 aromatic carbocycles. The number of para-hydroxylation sites is 1. The van der Waals surface area contributed by atoms with Gasteiger partial charge in [-0.2, -0.15) is 0 Å². The van der Waals surface area contributed by atoms with E-state index in [4.69, 9.17) is 9.47 Å². The largest absolute Gasteiger partial charge is 0.486 e. The third kappa shape index (κ3) is 3.93. The first-order chi connectivity index (χ1) is 15.2. The number of rotatable bonds is 4. The molecule has 4 aromatic rings. The number of thiazole rings is 1. The normalized spacial score (nSPS) is 12.4. The van der Waals surface area contributed by atoms with Crippen molar-refractivity contribution >= 4 is 44.7 Å². The second-order valence-corrected chi connectivity index (χ2v) is 7.73. The van der Waals surface area contributed by atoms with Crippen LogP contribution in [0.2, 0.25) is 0 Å². The molecule has 0 saturated heterocycles. The van der Waals surface area contributed by atoms with Crippen LogP contribution in [0, 0.1) is 0 Å². The van der Waals surface area contributed by atoms with E-state index in [-0.39, 0.29) is 11.8 Å². The highest BCUT2D eigenvalue weighted by atomic mass is 32.1. The molecule has 31 heavy (non-hydrogen) atoms. The fraction of sp³-hybridized carbons (Fsp3) is 0.0870. The highest BCUT2D eigenvalue weighted by Crippen LogP contribution is 2.33. The van der Waals surface area contributed by atoms with Gasteiger partial charge in [-0.25, -0.2) is 4.98 Å². The van der Waals surface area contributed by atoms with Crippen LogP contribution in [0.1, 0.15) is 20.7 Å². The number of benzene rings is 3. The third-order valence-electron chi connectivity index (χ3n) is 4.81. The van der Waals surface area contributed by atoms with Crippen LogP contribution in [0.25, 0.3) is 10.2 Å². The number of nitrogens with one attached hydrogen (secondary N) is 2. The molecule has 2 N–H and O–H groups in total. The Kier molecular flexibility index (Phi) is 4.97. The molecular weight excluding hydrogens is 414 g/mol. The molecule has 2 heterocycles. The van der Waals surface area contributed by atoms with Gasteiger partial charge in [-0.1, -0.05) is 12.1 Å². The monoisotopic (exact) mass is 431 g/mol. The molecule has 8 heteroatoms. The number of carbonyl (C=O) groups is 2. The van der Waals surface area contributed by atoms with E-state index in [1.54, 1.807) is 66.2 Å². The molecule has 5 rings (SSSR count). The van der Waals surface area contributed by atoms with Crippen LogP contribution in [0.3, 0.4) is 0 Å². The van der Waals surface area contributed by atoms with Gasteiger partial charge >= 0.3 is 0 Å². The van der Waals surface area contributed by atoms with Crippen LogP contribution in [0.15, 0.2) is 66.2 Å². The zero-order chi connectivity index (χ0) is 21.2. The summed E-state index contributed by atoms with van der Waals surface area (Å²) in [6.07, 6.45) is 0. The minimum absolute atomic E-state index is 0.296. The molecular formula is C23H17N3O4S. The van der Waals surface area contributed by atoms with Crippen molar-refractivity contribution in [3.8, 4) is 11.5 Å². The van der Waals surface area contributed by atoms with Crippen molar-refractivity contribution in [2.75, 3.05) is 23.8 Å². The summed E-state index contributed by atoms with van der Waals surface area (Å²) in [4.78, 5) is 29.9. The lowest BCUT2D eigenvalue weighted by Gasteiger charge is -2.19. The number of fused-ring (bicyclic) bond motifs is 2. The predicted octanol–water partition coefficient (Wildman–Crippen LogP) is 4.57. The van der Waals surface area contributed by atoms with Gasteiger partial charge in [-0.3, -0.25) is 9.59 Å². The number of hydrogen-bond acceptors (Lipinski definition) is 6. The lowest BCUT2D eigenvalue weighted by atomic mass is 10.1. The van der Waals surface area contributed by atoms with E-state index in [0.29, 0.717) is 47.2 Å². The van der Waals surface area contributed by atoms with E-state index in [1.165, 1.54) is 11.3 Å². The van der Waals surface area contributed by atoms with E-state index >= 15 is 0 Å². The molecule has 0 atom stereocenters. The Morgan fingerprint density at radius 3 is 2.61 bits per heavy atom. The summed E-state index contributed by atoms with van der Waals surface area (Å²) in [5.74, 6) is 0.597. The third-order valence-corrected chi connectivity index (χ3v) is 5.61. The van der Waals surface area contributed by atoms with Crippen molar-refractivity contribution in [2.24, 2.45) is 0 Å². The maximum Gasteiger partial charge on any atom is 0.257 e. The summed E-state index contributed by atoms with van der Waals surface area (Å²) in [5.41, 5.74) is 4.44. The van der Waals surface area contributed by atoms with E-state index in [1.807, 2.05) is 0 Å². The van der Waals surface area contributed by atoms with Crippen molar-refractivity contribution in [1.82, 2.24) is 4.98 Å². The van der Waals surface area contributed by atoms with Gasteiger partial charge in [0.25, 0.3) is 11.8 Å². The van der Waals surface area contributed by atoms with Gasteiger partial charge in [0.1, 0.15) is 13.2 Å². The zero-order valence-electron chi connectivity index (χ0n) is 16.3. The Balaban J connectivity index is 1.36. The predicted molar refractivity (Wildman–Crippen MR) is 119 cm³/mol. The van der Waals surface area contributed by atoms with Crippen LogP contribution >= 0.6 is 11.3 Å².